The molecule has 0 radical (unpaired) electrons. The predicted molar refractivity (Wildman–Crippen MR) is 50.0 cm³/mol. The van der Waals surface area contributed by atoms with Crippen molar-refractivity contribution in [2.45, 2.75) is 12.5 Å². The molecule has 0 saturated heterocycles. The van der Waals surface area contributed by atoms with Crippen LogP contribution in [0.1, 0.15) is 12.5 Å². The van der Waals surface area contributed by atoms with Crippen molar-refractivity contribution in [1.29, 1.82) is 0 Å². The molecule has 1 atom stereocenters. The highest BCUT2D eigenvalue weighted by atomic mass is 35.5. The van der Waals surface area contributed by atoms with E-state index in [2.05, 4.69) is 0 Å². The van der Waals surface area contributed by atoms with Gasteiger partial charge in [-0.2, -0.15) is 0 Å². The normalized spacial score (nSPS) is 15.5. The maximum Gasteiger partial charge on any atom is 0.124 e. The van der Waals surface area contributed by atoms with Gasteiger partial charge in [-0.1, -0.05) is 17.7 Å². The van der Waals surface area contributed by atoms with Gasteiger partial charge in [0.2, 0.25) is 0 Å². The van der Waals surface area contributed by atoms with Gasteiger partial charge in [0.05, 0.1) is 0 Å². The number of halogens is 2. The van der Waals surface area contributed by atoms with E-state index in [0.717, 1.165) is 6.07 Å². The minimum Gasteiger partial charge on any atom is -0.384 e. The summed E-state index contributed by atoms with van der Waals surface area (Å²) in [7, 11) is 0. The Morgan fingerprint density at radius 1 is 1.62 bits per heavy atom. The molecule has 0 fully saturated rings. The summed E-state index contributed by atoms with van der Waals surface area (Å²) in [6, 6.07) is 3.83. The fourth-order valence-electron chi connectivity index (χ4n) is 1.04. The average Bonchev–Trinajstić information content (AvgIpc) is 2.03. The van der Waals surface area contributed by atoms with Crippen LogP contribution in [-0.2, 0) is 5.60 Å². The van der Waals surface area contributed by atoms with E-state index in [1.54, 1.807) is 0 Å². The first-order chi connectivity index (χ1) is 5.97. The highest BCUT2D eigenvalue weighted by molar-refractivity contribution is 6.31. The molecule has 0 aliphatic rings. The lowest BCUT2D eigenvalue weighted by Gasteiger charge is -2.22. The van der Waals surface area contributed by atoms with E-state index in [-0.39, 0.29) is 11.6 Å². The highest BCUT2D eigenvalue weighted by Gasteiger charge is 2.23. The third-order valence-electron chi connectivity index (χ3n) is 1.91. The first-order valence-electron chi connectivity index (χ1n) is 3.85. The lowest BCUT2D eigenvalue weighted by molar-refractivity contribution is 0.0669. The Balaban J connectivity index is 3.16. The molecule has 0 spiro atoms. The summed E-state index contributed by atoms with van der Waals surface area (Å²) in [6.07, 6.45) is 0. The van der Waals surface area contributed by atoms with Crippen molar-refractivity contribution in [3.63, 3.8) is 0 Å². The topological polar surface area (TPSA) is 46.2 Å². The van der Waals surface area contributed by atoms with Gasteiger partial charge in [0.1, 0.15) is 11.4 Å². The second-order valence-corrected chi connectivity index (χ2v) is 3.51. The summed E-state index contributed by atoms with van der Waals surface area (Å²) in [5, 5.41) is 9.92. The third-order valence-corrected chi connectivity index (χ3v) is 2.22. The van der Waals surface area contributed by atoms with Crippen molar-refractivity contribution in [2.24, 2.45) is 5.73 Å². The van der Waals surface area contributed by atoms with Gasteiger partial charge in [0.15, 0.2) is 0 Å². The zero-order valence-corrected chi connectivity index (χ0v) is 7.98. The Bertz CT molecular complexity index is 314. The maximum absolute atomic E-state index is 12.6. The quantitative estimate of drug-likeness (QED) is 0.768. The Kier molecular flexibility index (Phi) is 2.91. The lowest BCUT2D eigenvalue weighted by atomic mass is 9.96. The molecule has 0 heterocycles. The molecule has 72 valence electrons. The fourth-order valence-corrected chi connectivity index (χ4v) is 1.41. The summed E-state index contributed by atoms with van der Waals surface area (Å²) in [5.74, 6) is -0.429. The van der Waals surface area contributed by atoms with E-state index in [1.165, 1.54) is 19.1 Å². The molecular formula is C9H11ClFNO. The van der Waals surface area contributed by atoms with Gasteiger partial charge in [-0.25, -0.2) is 4.39 Å². The molecule has 1 aromatic rings. The van der Waals surface area contributed by atoms with Gasteiger partial charge in [-0.05, 0) is 19.1 Å². The van der Waals surface area contributed by atoms with E-state index < -0.39 is 11.4 Å². The second kappa shape index (κ2) is 3.62. The van der Waals surface area contributed by atoms with Gasteiger partial charge in [-0.3, -0.25) is 0 Å². The first-order valence-corrected chi connectivity index (χ1v) is 4.23. The largest absolute Gasteiger partial charge is 0.384 e. The summed E-state index contributed by atoms with van der Waals surface area (Å²) in [5.41, 5.74) is 4.58. The van der Waals surface area contributed by atoms with Gasteiger partial charge >= 0.3 is 0 Å². The van der Waals surface area contributed by atoms with Crippen LogP contribution in [0.4, 0.5) is 4.39 Å². The molecule has 0 saturated carbocycles. The van der Waals surface area contributed by atoms with Crippen LogP contribution in [-0.4, -0.2) is 11.7 Å². The highest BCUT2D eigenvalue weighted by Crippen LogP contribution is 2.27. The standard InChI is InChI=1S/C9H11ClFNO/c1-9(13,5-12)7-3-2-6(11)4-8(7)10/h2-4,13H,5,12H2,1H3. The number of nitrogens with two attached hydrogens (primary N) is 1. The van der Waals surface area contributed by atoms with Crippen molar-refractivity contribution >= 4 is 11.6 Å². The van der Waals surface area contributed by atoms with Crippen molar-refractivity contribution in [2.75, 3.05) is 6.54 Å². The van der Waals surface area contributed by atoms with E-state index in [4.69, 9.17) is 17.3 Å². The lowest BCUT2D eigenvalue weighted by Crippen LogP contribution is -2.31. The van der Waals surface area contributed by atoms with Crippen LogP contribution in [0.3, 0.4) is 0 Å². The van der Waals surface area contributed by atoms with Gasteiger partial charge in [0.25, 0.3) is 0 Å². The average molecular weight is 204 g/mol. The zero-order valence-electron chi connectivity index (χ0n) is 7.22. The number of aliphatic hydroxyl groups is 1. The molecule has 0 aliphatic heterocycles. The van der Waals surface area contributed by atoms with Crippen molar-refractivity contribution in [1.82, 2.24) is 0 Å². The van der Waals surface area contributed by atoms with Crippen LogP contribution in [0.15, 0.2) is 18.2 Å². The van der Waals surface area contributed by atoms with Crippen LogP contribution in [0, 0.1) is 5.82 Å². The van der Waals surface area contributed by atoms with Gasteiger partial charge in [0, 0.05) is 17.1 Å². The Labute approximate surface area is 81.1 Å². The molecule has 3 N–H and O–H groups in total. The van der Waals surface area contributed by atoms with Crippen LogP contribution < -0.4 is 5.73 Å². The molecule has 4 heteroatoms. The molecule has 2 nitrogen and oxygen atoms in total. The van der Waals surface area contributed by atoms with E-state index in [9.17, 15) is 9.50 Å². The number of rotatable bonds is 2. The number of hydrogen-bond acceptors (Lipinski definition) is 2. The minimum atomic E-state index is -1.20. The first kappa shape index (κ1) is 10.4. The third kappa shape index (κ3) is 2.18. The zero-order chi connectivity index (χ0) is 10.1. The van der Waals surface area contributed by atoms with Gasteiger partial charge in [-0.15, -0.1) is 0 Å². The monoisotopic (exact) mass is 203 g/mol. The molecular weight excluding hydrogens is 193 g/mol. The number of benzene rings is 1. The van der Waals surface area contributed by atoms with Crippen LogP contribution in [0.5, 0.6) is 0 Å². The summed E-state index contributed by atoms with van der Waals surface area (Å²) < 4.78 is 12.6. The van der Waals surface area contributed by atoms with Crippen LogP contribution in [0.25, 0.3) is 0 Å². The van der Waals surface area contributed by atoms with Crippen LogP contribution in [0.2, 0.25) is 5.02 Å². The van der Waals surface area contributed by atoms with E-state index >= 15 is 0 Å². The molecule has 0 amide bonds. The Morgan fingerprint density at radius 3 is 2.69 bits per heavy atom. The Morgan fingerprint density at radius 2 is 2.23 bits per heavy atom. The van der Waals surface area contributed by atoms with Crippen molar-refractivity contribution in [3.8, 4) is 0 Å². The molecule has 1 rings (SSSR count). The van der Waals surface area contributed by atoms with E-state index in [1.807, 2.05) is 0 Å². The molecule has 0 bridgehead atoms. The molecule has 0 aliphatic carbocycles. The smallest absolute Gasteiger partial charge is 0.124 e. The number of hydrogen-bond donors (Lipinski definition) is 2. The van der Waals surface area contributed by atoms with Gasteiger partial charge < -0.3 is 10.8 Å². The SMILES string of the molecule is CC(O)(CN)c1ccc(F)cc1Cl. The van der Waals surface area contributed by atoms with E-state index in [0.29, 0.717) is 5.56 Å². The minimum absolute atomic E-state index is 0.0400. The summed E-state index contributed by atoms with van der Waals surface area (Å²) in [6.45, 7) is 1.57. The van der Waals surface area contributed by atoms with Crippen molar-refractivity contribution < 1.29 is 9.50 Å². The van der Waals surface area contributed by atoms with Crippen LogP contribution >= 0.6 is 11.6 Å². The second-order valence-electron chi connectivity index (χ2n) is 3.10. The molecule has 0 aromatic heterocycles. The molecule has 1 aromatic carbocycles. The maximum atomic E-state index is 12.6. The predicted octanol–water partition coefficient (Wildman–Crippen LogP) is 1.65. The van der Waals surface area contributed by atoms with Crippen molar-refractivity contribution in [3.05, 3.63) is 34.6 Å². The summed E-state index contributed by atoms with van der Waals surface area (Å²) >= 11 is 5.74. The fraction of sp³-hybridized carbons (Fsp3) is 0.333. The molecule has 13 heavy (non-hydrogen) atoms. The Hall–Kier alpha value is -0.640. The molecule has 1 unspecified atom stereocenters. The summed E-state index contributed by atoms with van der Waals surface area (Å²) in [4.78, 5) is 0.